The molecule has 5 aromatic rings. The zero-order chi connectivity index (χ0) is 24.4. The van der Waals surface area contributed by atoms with Crippen LogP contribution in [0, 0.1) is 0 Å². The summed E-state index contributed by atoms with van der Waals surface area (Å²) in [6, 6.07) is 38.6. The van der Waals surface area contributed by atoms with E-state index in [0.29, 0.717) is 0 Å². The van der Waals surface area contributed by atoms with Gasteiger partial charge >= 0.3 is 0 Å². The van der Waals surface area contributed by atoms with Crippen molar-refractivity contribution in [1.82, 2.24) is 10.6 Å². The maximum atomic E-state index is 3.57. The van der Waals surface area contributed by atoms with Crippen LogP contribution in [0.25, 0.3) is 21.5 Å². The first kappa shape index (κ1) is 23.9. The summed E-state index contributed by atoms with van der Waals surface area (Å²) >= 11 is 0. The molecular weight excluding hydrogens is 440 g/mol. The molecular formula is C32H34N4. The van der Waals surface area contributed by atoms with Crippen molar-refractivity contribution in [3.05, 3.63) is 120 Å². The number of hydrogen-bond donors (Lipinski definition) is 4. The quantitative estimate of drug-likeness (QED) is 0.158. The molecule has 0 aliphatic heterocycles. The van der Waals surface area contributed by atoms with Gasteiger partial charge in [-0.05, 0) is 34.0 Å². The number of anilines is 2. The number of fused-ring (bicyclic) bond motifs is 2. The summed E-state index contributed by atoms with van der Waals surface area (Å²) in [6.07, 6.45) is 0. The minimum absolute atomic E-state index is 0.869. The molecule has 0 unspecified atom stereocenters. The van der Waals surface area contributed by atoms with E-state index in [1.165, 1.54) is 44.0 Å². The Morgan fingerprint density at radius 2 is 0.861 bits per heavy atom. The predicted octanol–water partition coefficient (Wildman–Crippen LogP) is 6.40. The highest BCUT2D eigenvalue weighted by molar-refractivity contribution is 5.94. The molecule has 0 saturated carbocycles. The fraction of sp³-hybridized carbons (Fsp3) is 0.188. The maximum Gasteiger partial charge on any atom is 0.0420 e. The zero-order valence-corrected chi connectivity index (χ0v) is 20.6. The molecule has 0 aliphatic rings. The predicted molar refractivity (Wildman–Crippen MR) is 155 cm³/mol. The fourth-order valence-electron chi connectivity index (χ4n) is 4.65. The van der Waals surface area contributed by atoms with E-state index >= 15 is 0 Å². The smallest absolute Gasteiger partial charge is 0.0420 e. The van der Waals surface area contributed by atoms with E-state index in [1.54, 1.807) is 0 Å². The highest BCUT2D eigenvalue weighted by atomic mass is 14.9. The minimum atomic E-state index is 0.869. The lowest BCUT2D eigenvalue weighted by atomic mass is 10.1. The monoisotopic (exact) mass is 474 g/mol. The highest BCUT2D eigenvalue weighted by Gasteiger charge is 2.01. The van der Waals surface area contributed by atoms with Crippen LogP contribution < -0.4 is 21.3 Å². The molecule has 182 valence electrons. The lowest BCUT2D eigenvalue weighted by Gasteiger charge is -2.12. The summed E-state index contributed by atoms with van der Waals surface area (Å²) in [7, 11) is 0. The van der Waals surface area contributed by atoms with E-state index in [9.17, 15) is 0 Å². The largest absolute Gasteiger partial charge is 0.383 e. The molecule has 4 nitrogen and oxygen atoms in total. The Labute approximate surface area is 213 Å². The summed E-state index contributed by atoms with van der Waals surface area (Å²) in [6.45, 7) is 5.33. The van der Waals surface area contributed by atoms with Crippen molar-refractivity contribution in [3.63, 3.8) is 0 Å². The third-order valence-corrected chi connectivity index (χ3v) is 6.46. The summed E-state index contributed by atoms with van der Waals surface area (Å²) in [5.74, 6) is 0. The van der Waals surface area contributed by atoms with E-state index in [0.717, 1.165) is 39.3 Å². The SMILES string of the molecule is c1cc(CNCCNc2cccc3ccccc23)cc(CNCCNc2cccc3ccccc23)c1. The molecule has 0 aliphatic carbocycles. The van der Waals surface area contributed by atoms with Gasteiger partial charge in [-0.2, -0.15) is 0 Å². The van der Waals surface area contributed by atoms with Gasteiger partial charge in [0.05, 0.1) is 0 Å². The molecule has 0 fully saturated rings. The van der Waals surface area contributed by atoms with Crippen LogP contribution in [0.1, 0.15) is 11.1 Å². The summed E-state index contributed by atoms with van der Waals surface area (Å²) < 4.78 is 0. The first-order valence-corrected chi connectivity index (χ1v) is 12.8. The van der Waals surface area contributed by atoms with Gasteiger partial charge in [0.1, 0.15) is 0 Å². The molecule has 0 saturated heterocycles. The average Bonchev–Trinajstić information content (AvgIpc) is 2.93. The van der Waals surface area contributed by atoms with E-state index < -0.39 is 0 Å². The lowest BCUT2D eigenvalue weighted by Crippen LogP contribution is -2.23. The van der Waals surface area contributed by atoms with Crippen molar-refractivity contribution in [2.45, 2.75) is 13.1 Å². The van der Waals surface area contributed by atoms with Gasteiger partial charge in [0.2, 0.25) is 0 Å². The molecule has 5 aromatic carbocycles. The standard InChI is InChI=1S/C32H34N4/c1-3-14-29-27(10-1)12-6-16-31(29)35-20-18-33-23-25-8-5-9-26(22-25)24-34-19-21-36-32-17-7-13-28-11-2-4-15-30(28)32/h1-17,22,33-36H,18-21,23-24H2. The fourth-order valence-corrected chi connectivity index (χ4v) is 4.65. The minimum Gasteiger partial charge on any atom is -0.383 e. The molecule has 0 spiro atoms. The molecule has 0 atom stereocenters. The van der Waals surface area contributed by atoms with Crippen LogP contribution in [0.3, 0.4) is 0 Å². The molecule has 4 heteroatoms. The normalized spacial score (nSPS) is 11.1. The Bertz CT molecular complexity index is 1300. The molecule has 0 heterocycles. The van der Waals surface area contributed by atoms with Crippen molar-refractivity contribution in [2.75, 3.05) is 36.8 Å². The van der Waals surface area contributed by atoms with Crippen LogP contribution in [0.15, 0.2) is 109 Å². The zero-order valence-electron chi connectivity index (χ0n) is 20.6. The summed E-state index contributed by atoms with van der Waals surface area (Å²) in [5.41, 5.74) is 5.01. The van der Waals surface area contributed by atoms with Crippen LogP contribution in [0.4, 0.5) is 11.4 Å². The highest BCUT2D eigenvalue weighted by Crippen LogP contribution is 2.23. The van der Waals surface area contributed by atoms with Crippen LogP contribution in [-0.4, -0.2) is 26.2 Å². The van der Waals surface area contributed by atoms with Crippen molar-refractivity contribution in [3.8, 4) is 0 Å². The topological polar surface area (TPSA) is 48.1 Å². The van der Waals surface area contributed by atoms with Gasteiger partial charge in [0.25, 0.3) is 0 Å². The Morgan fingerprint density at radius 3 is 1.39 bits per heavy atom. The van der Waals surface area contributed by atoms with Gasteiger partial charge in [0, 0.05) is 61.4 Å². The molecule has 36 heavy (non-hydrogen) atoms. The molecule has 5 rings (SSSR count). The second-order valence-corrected chi connectivity index (χ2v) is 9.08. The van der Waals surface area contributed by atoms with Gasteiger partial charge < -0.3 is 21.3 Å². The molecule has 0 radical (unpaired) electrons. The Morgan fingerprint density at radius 1 is 0.417 bits per heavy atom. The van der Waals surface area contributed by atoms with Crippen LogP contribution in [0.2, 0.25) is 0 Å². The Kier molecular flexibility index (Phi) is 8.09. The van der Waals surface area contributed by atoms with Gasteiger partial charge in [0.15, 0.2) is 0 Å². The number of hydrogen-bond acceptors (Lipinski definition) is 4. The third-order valence-electron chi connectivity index (χ3n) is 6.46. The van der Waals surface area contributed by atoms with E-state index in [-0.39, 0.29) is 0 Å². The van der Waals surface area contributed by atoms with Crippen LogP contribution in [-0.2, 0) is 13.1 Å². The molecule has 4 N–H and O–H groups in total. The summed E-state index contributed by atoms with van der Waals surface area (Å²) in [4.78, 5) is 0. The maximum absolute atomic E-state index is 3.57. The third kappa shape index (κ3) is 6.22. The second kappa shape index (κ2) is 12.2. The van der Waals surface area contributed by atoms with E-state index in [4.69, 9.17) is 0 Å². The molecule has 0 aromatic heterocycles. The number of rotatable bonds is 12. The first-order valence-electron chi connectivity index (χ1n) is 12.8. The van der Waals surface area contributed by atoms with Crippen LogP contribution >= 0.6 is 0 Å². The molecule has 0 bridgehead atoms. The van der Waals surface area contributed by atoms with E-state index in [2.05, 4.69) is 130 Å². The van der Waals surface area contributed by atoms with Gasteiger partial charge in [-0.1, -0.05) is 97.1 Å². The average molecular weight is 475 g/mol. The number of benzene rings is 5. The molecule has 0 amide bonds. The second-order valence-electron chi connectivity index (χ2n) is 9.08. The van der Waals surface area contributed by atoms with Gasteiger partial charge in [-0.15, -0.1) is 0 Å². The number of nitrogens with one attached hydrogen (secondary N) is 4. The lowest BCUT2D eigenvalue weighted by molar-refractivity contribution is 0.695. The van der Waals surface area contributed by atoms with Gasteiger partial charge in [-0.3, -0.25) is 0 Å². The van der Waals surface area contributed by atoms with Gasteiger partial charge in [-0.25, -0.2) is 0 Å². The van der Waals surface area contributed by atoms with Crippen molar-refractivity contribution in [2.24, 2.45) is 0 Å². The Balaban J connectivity index is 1.02. The van der Waals surface area contributed by atoms with E-state index in [1.807, 2.05) is 0 Å². The first-order chi connectivity index (χ1) is 17.9. The van der Waals surface area contributed by atoms with Crippen molar-refractivity contribution in [1.29, 1.82) is 0 Å². The van der Waals surface area contributed by atoms with Crippen molar-refractivity contribution < 1.29 is 0 Å². The Hall–Kier alpha value is -3.86. The summed E-state index contributed by atoms with van der Waals surface area (Å²) in [5, 5.41) is 19.3. The van der Waals surface area contributed by atoms with Crippen molar-refractivity contribution >= 4 is 32.9 Å². The van der Waals surface area contributed by atoms with Crippen LogP contribution in [0.5, 0.6) is 0 Å².